The zero-order valence-electron chi connectivity index (χ0n) is 15.2. The minimum absolute atomic E-state index is 0. The van der Waals surface area contributed by atoms with Gasteiger partial charge in [-0.15, -0.1) is 24.0 Å². The molecule has 8 heteroatoms. The molecule has 0 aliphatic rings. The molecule has 0 saturated carbocycles. The van der Waals surface area contributed by atoms with E-state index in [9.17, 15) is 0 Å². The van der Waals surface area contributed by atoms with E-state index in [1.807, 2.05) is 0 Å². The van der Waals surface area contributed by atoms with Crippen molar-refractivity contribution in [1.29, 1.82) is 5.26 Å². The standard InChI is InChI=1S/C17H28N6O.HI/c1-14(2)13-24-11-5-8-22-17(19-3)23-10-9-21-16-15(12-18)6-4-7-20-16;/h4,6-7,14H,5,8-11,13H2,1-3H3,(H,20,21)(H2,19,22,23);1H. The van der Waals surface area contributed by atoms with Gasteiger partial charge in [0.2, 0.25) is 0 Å². The molecule has 0 fully saturated rings. The van der Waals surface area contributed by atoms with Crippen LogP contribution in [0.1, 0.15) is 25.8 Å². The lowest BCUT2D eigenvalue weighted by Gasteiger charge is -2.13. The van der Waals surface area contributed by atoms with E-state index in [2.05, 4.69) is 45.8 Å². The van der Waals surface area contributed by atoms with Gasteiger partial charge < -0.3 is 20.7 Å². The Morgan fingerprint density at radius 2 is 2.08 bits per heavy atom. The highest BCUT2D eigenvalue weighted by Gasteiger charge is 2.01. The van der Waals surface area contributed by atoms with Crippen LogP contribution in [0.15, 0.2) is 23.3 Å². The fourth-order valence-corrected chi connectivity index (χ4v) is 1.92. The lowest BCUT2D eigenvalue weighted by molar-refractivity contribution is 0.108. The predicted octanol–water partition coefficient (Wildman–Crippen LogP) is 2.21. The van der Waals surface area contributed by atoms with Crippen LogP contribution in [0.4, 0.5) is 5.82 Å². The minimum Gasteiger partial charge on any atom is -0.381 e. The number of nitriles is 1. The van der Waals surface area contributed by atoms with Gasteiger partial charge in [0.1, 0.15) is 11.9 Å². The predicted molar refractivity (Wildman–Crippen MR) is 112 cm³/mol. The van der Waals surface area contributed by atoms with Gasteiger partial charge in [-0.3, -0.25) is 4.99 Å². The molecular formula is C17H29IN6O. The molecule has 1 aromatic heterocycles. The summed E-state index contributed by atoms with van der Waals surface area (Å²) < 4.78 is 5.54. The summed E-state index contributed by atoms with van der Waals surface area (Å²) in [4.78, 5) is 8.33. The Labute approximate surface area is 167 Å². The number of aliphatic imine (C=N–C) groups is 1. The van der Waals surface area contributed by atoms with Crippen LogP contribution in [0, 0.1) is 17.2 Å². The van der Waals surface area contributed by atoms with Crippen molar-refractivity contribution in [2.75, 3.05) is 45.2 Å². The summed E-state index contributed by atoms with van der Waals surface area (Å²) in [5, 5.41) is 18.6. The van der Waals surface area contributed by atoms with Gasteiger partial charge >= 0.3 is 0 Å². The number of nitrogens with zero attached hydrogens (tertiary/aromatic N) is 3. The van der Waals surface area contributed by atoms with E-state index in [4.69, 9.17) is 10.00 Å². The Morgan fingerprint density at radius 3 is 2.76 bits per heavy atom. The van der Waals surface area contributed by atoms with Crippen molar-refractivity contribution in [3.8, 4) is 6.07 Å². The fraction of sp³-hybridized carbons (Fsp3) is 0.588. The molecule has 1 rings (SSSR count). The highest BCUT2D eigenvalue weighted by molar-refractivity contribution is 14.0. The van der Waals surface area contributed by atoms with Crippen molar-refractivity contribution in [1.82, 2.24) is 15.6 Å². The summed E-state index contributed by atoms with van der Waals surface area (Å²) in [6.07, 6.45) is 2.60. The Kier molecular flexibility index (Phi) is 13.8. The molecule has 140 valence electrons. The van der Waals surface area contributed by atoms with E-state index >= 15 is 0 Å². The number of hydrogen-bond donors (Lipinski definition) is 3. The van der Waals surface area contributed by atoms with Gasteiger partial charge in [0.25, 0.3) is 0 Å². The third kappa shape index (κ3) is 10.8. The molecular weight excluding hydrogens is 431 g/mol. The van der Waals surface area contributed by atoms with Crippen LogP contribution in [0.25, 0.3) is 0 Å². The van der Waals surface area contributed by atoms with Crippen molar-refractivity contribution >= 4 is 35.8 Å². The van der Waals surface area contributed by atoms with Crippen molar-refractivity contribution in [3.05, 3.63) is 23.9 Å². The second-order valence-corrected chi connectivity index (χ2v) is 5.69. The smallest absolute Gasteiger partial charge is 0.191 e. The lowest BCUT2D eigenvalue weighted by atomic mass is 10.2. The summed E-state index contributed by atoms with van der Waals surface area (Å²) in [6, 6.07) is 5.60. The first-order chi connectivity index (χ1) is 11.7. The largest absolute Gasteiger partial charge is 0.381 e. The molecule has 7 nitrogen and oxygen atoms in total. The van der Waals surface area contributed by atoms with Crippen LogP contribution < -0.4 is 16.0 Å². The van der Waals surface area contributed by atoms with Gasteiger partial charge in [0, 0.05) is 46.1 Å². The molecule has 0 aliphatic heterocycles. The molecule has 0 amide bonds. The number of nitrogens with one attached hydrogen (secondary N) is 3. The van der Waals surface area contributed by atoms with Crippen LogP contribution in [0.3, 0.4) is 0 Å². The van der Waals surface area contributed by atoms with Gasteiger partial charge in [-0.25, -0.2) is 4.98 Å². The average molecular weight is 460 g/mol. The first kappa shape index (κ1) is 23.4. The summed E-state index contributed by atoms with van der Waals surface area (Å²) in [7, 11) is 1.74. The molecule has 0 spiro atoms. The molecule has 0 bridgehead atoms. The Balaban J connectivity index is 0.00000576. The zero-order chi connectivity index (χ0) is 17.6. The number of hydrogen-bond acceptors (Lipinski definition) is 5. The van der Waals surface area contributed by atoms with E-state index in [1.165, 1.54) is 0 Å². The van der Waals surface area contributed by atoms with Gasteiger partial charge in [0.15, 0.2) is 5.96 Å². The topological polar surface area (TPSA) is 94.4 Å². The van der Waals surface area contributed by atoms with Crippen LogP contribution in [-0.2, 0) is 4.74 Å². The first-order valence-corrected chi connectivity index (χ1v) is 8.28. The monoisotopic (exact) mass is 460 g/mol. The molecule has 0 aromatic carbocycles. The van der Waals surface area contributed by atoms with Crippen molar-refractivity contribution in [3.63, 3.8) is 0 Å². The maximum absolute atomic E-state index is 9.01. The maximum Gasteiger partial charge on any atom is 0.191 e. The quantitative estimate of drug-likeness (QED) is 0.215. The zero-order valence-corrected chi connectivity index (χ0v) is 17.5. The summed E-state index contributed by atoms with van der Waals surface area (Å²) in [6.45, 7) is 7.96. The van der Waals surface area contributed by atoms with E-state index in [0.717, 1.165) is 32.1 Å². The second kappa shape index (κ2) is 14.7. The van der Waals surface area contributed by atoms with E-state index in [1.54, 1.807) is 25.4 Å². The van der Waals surface area contributed by atoms with E-state index in [0.29, 0.717) is 30.4 Å². The van der Waals surface area contributed by atoms with Crippen LogP contribution in [-0.4, -0.2) is 50.8 Å². The number of guanidine groups is 1. The normalized spacial score (nSPS) is 10.8. The maximum atomic E-state index is 9.01. The molecule has 25 heavy (non-hydrogen) atoms. The second-order valence-electron chi connectivity index (χ2n) is 5.69. The third-order valence-electron chi connectivity index (χ3n) is 3.07. The van der Waals surface area contributed by atoms with Crippen molar-refractivity contribution in [2.24, 2.45) is 10.9 Å². The Hall–Kier alpha value is -1.60. The van der Waals surface area contributed by atoms with Crippen molar-refractivity contribution in [2.45, 2.75) is 20.3 Å². The highest BCUT2D eigenvalue weighted by Crippen LogP contribution is 2.08. The van der Waals surface area contributed by atoms with E-state index in [-0.39, 0.29) is 24.0 Å². The highest BCUT2D eigenvalue weighted by atomic mass is 127. The number of ether oxygens (including phenoxy) is 1. The first-order valence-electron chi connectivity index (χ1n) is 8.28. The summed E-state index contributed by atoms with van der Waals surface area (Å²) in [5.74, 6) is 1.93. The number of anilines is 1. The Morgan fingerprint density at radius 1 is 1.32 bits per heavy atom. The van der Waals surface area contributed by atoms with Gasteiger partial charge in [-0.1, -0.05) is 13.8 Å². The number of aromatic nitrogens is 1. The van der Waals surface area contributed by atoms with Gasteiger partial charge in [0.05, 0.1) is 5.56 Å². The van der Waals surface area contributed by atoms with E-state index < -0.39 is 0 Å². The SMILES string of the molecule is CN=C(NCCCOCC(C)C)NCCNc1ncccc1C#N.I. The van der Waals surface area contributed by atoms with Crippen LogP contribution >= 0.6 is 24.0 Å². The van der Waals surface area contributed by atoms with Crippen LogP contribution in [0.5, 0.6) is 0 Å². The minimum atomic E-state index is 0. The third-order valence-corrected chi connectivity index (χ3v) is 3.07. The molecule has 0 unspecified atom stereocenters. The molecule has 3 N–H and O–H groups in total. The Bertz CT molecular complexity index is 544. The molecule has 0 aliphatic carbocycles. The summed E-state index contributed by atoms with van der Waals surface area (Å²) in [5.41, 5.74) is 0.543. The van der Waals surface area contributed by atoms with Gasteiger partial charge in [-0.05, 0) is 24.5 Å². The van der Waals surface area contributed by atoms with Gasteiger partial charge in [-0.2, -0.15) is 5.26 Å². The fourth-order valence-electron chi connectivity index (χ4n) is 1.92. The lowest BCUT2D eigenvalue weighted by Crippen LogP contribution is -2.40. The molecule has 0 radical (unpaired) electrons. The van der Waals surface area contributed by atoms with Crippen LogP contribution in [0.2, 0.25) is 0 Å². The number of rotatable bonds is 10. The van der Waals surface area contributed by atoms with Crippen molar-refractivity contribution < 1.29 is 4.74 Å². The molecule has 0 saturated heterocycles. The molecule has 0 atom stereocenters. The molecule has 1 aromatic rings. The molecule has 1 heterocycles. The average Bonchev–Trinajstić information content (AvgIpc) is 2.59. The summed E-state index contributed by atoms with van der Waals surface area (Å²) >= 11 is 0. The number of pyridine rings is 1. The number of halogens is 1.